The number of fused-ring (bicyclic) bond motifs is 2. The lowest BCUT2D eigenvalue weighted by Crippen LogP contribution is -2.26. The Balaban J connectivity index is 1.75. The molecule has 1 aliphatic heterocycles. The molecule has 144 valence electrons. The Morgan fingerprint density at radius 1 is 1.39 bits per heavy atom. The third kappa shape index (κ3) is 2.67. The molecule has 8 heteroatoms. The van der Waals surface area contributed by atoms with Crippen molar-refractivity contribution in [2.75, 3.05) is 6.54 Å². The van der Waals surface area contributed by atoms with E-state index < -0.39 is 17.2 Å². The molecular weight excluding hydrogens is 381 g/mol. The summed E-state index contributed by atoms with van der Waals surface area (Å²) < 4.78 is 16.7. The van der Waals surface area contributed by atoms with Crippen LogP contribution in [0.25, 0.3) is 21.6 Å². The van der Waals surface area contributed by atoms with E-state index in [0.717, 1.165) is 36.8 Å². The lowest BCUT2D eigenvalue weighted by atomic mass is 10.0. The minimum atomic E-state index is -1.31. The molecule has 0 aromatic carbocycles. The molecule has 2 N–H and O–H groups in total. The lowest BCUT2D eigenvalue weighted by Gasteiger charge is -2.19. The zero-order chi connectivity index (χ0) is 19.6. The topological polar surface area (TPSA) is 84.2 Å². The monoisotopic (exact) mass is 399 g/mol. The highest BCUT2D eigenvalue weighted by Gasteiger charge is 2.29. The first-order valence-electron chi connectivity index (χ1n) is 9.29. The number of thiophene rings is 1. The van der Waals surface area contributed by atoms with E-state index in [1.165, 1.54) is 28.0 Å². The second-order valence-electron chi connectivity index (χ2n) is 7.43. The Hall–Kier alpha value is -2.58. The van der Waals surface area contributed by atoms with Crippen molar-refractivity contribution in [1.82, 2.24) is 14.9 Å². The third-order valence-electron chi connectivity index (χ3n) is 5.44. The normalized spacial score (nSPS) is 19.0. The summed E-state index contributed by atoms with van der Waals surface area (Å²) in [5, 5.41) is 12.8. The number of hydrogen-bond acceptors (Lipinski definition) is 5. The van der Waals surface area contributed by atoms with Gasteiger partial charge < -0.3 is 15.0 Å². The summed E-state index contributed by atoms with van der Waals surface area (Å²) in [6.07, 6.45) is 4.02. The van der Waals surface area contributed by atoms with Gasteiger partial charge in [-0.2, -0.15) is 0 Å². The standard InChI is InChI=1S/C20H18FN3O3S/c1-9-18-10(4-5-22-9)6-15(28-18)16-14(21)7-12-17(25)13(20(26)27)8-24(11-2-3-11)19(12)23-16/h6-9,11,22H,2-5H2,1H3,(H,26,27). The van der Waals surface area contributed by atoms with Crippen LogP contribution in [0.2, 0.25) is 0 Å². The lowest BCUT2D eigenvalue weighted by molar-refractivity contribution is 0.0695. The highest BCUT2D eigenvalue weighted by atomic mass is 32.1. The maximum absolute atomic E-state index is 15.0. The largest absolute Gasteiger partial charge is 0.477 e. The van der Waals surface area contributed by atoms with Crippen LogP contribution >= 0.6 is 11.3 Å². The molecule has 1 atom stereocenters. The Bertz CT molecular complexity index is 1200. The highest BCUT2D eigenvalue weighted by Crippen LogP contribution is 2.40. The number of aromatic nitrogens is 2. The number of aromatic carboxylic acids is 1. The zero-order valence-corrected chi connectivity index (χ0v) is 16.0. The van der Waals surface area contributed by atoms with Crippen molar-refractivity contribution in [2.24, 2.45) is 0 Å². The number of hydrogen-bond donors (Lipinski definition) is 2. The van der Waals surface area contributed by atoms with Crippen molar-refractivity contribution in [1.29, 1.82) is 0 Å². The molecular formula is C20H18FN3O3S. The molecule has 3 aromatic rings. The van der Waals surface area contributed by atoms with Gasteiger partial charge in [0.1, 0.15) is 16.9 Å². The van der Waals surface area contributed by atoms with E-state index in [1.54, 1.807) is 4.57 Å². The number of halogens is 1. The van der Waals surface area contributed by atoms with Gasteiger partial charge in [0.15, 0.2) is 5.82 Å². The number of nitrogens with zero attached hydrogens (tertiary/aromatic N) is 2. The molecule has 3 aromatic heterocycles. The van der Waals surface area contributed by atoms with Crippen molar-refractivity contribution in [3.63, 3.8) is 0 Å². The van der Waals surface area contributed by atoms with Crippen molar-refractivity contribution >= 4 is 28.3 Å². The average molecular weight is 399 g/mol. The minimum absolute atomic E-state index is 0.0180. The van der Waals surface area contributed by atoms with Crippen LogP contribution in [0.3, 0.4) is 0 Å². The maximum Gasteiger partial charge on any atom is 0.341 e. The summed E-state index contributed by atoms with van der Waals surface area (Å²) in [5.41, 5.74) is 0.733. The number of carboxylic acids is 1. The first-order chi connectivity index (χ1) is 13.4. The number of pyridine rings is 2. The van der Waals surface area contributed by atoms with E-state index in [9.17, 15) is 19.1 Å². The fraction of sp³-hybridized carbons (Fsp3) is 0.350. The molecule has 1 aliphatic carbocycles. The van der Waals surface area contributed by atoms with Crippen molar-refractivity contribution in [3.05, 3.63) is 50.4 Å². The van der Waals surface area contributed by atoms with Gasteiger partial charge in [0.25, 0.3) is 0 Å². The summed E-state index contributed by atoms with van der Waals surface area (Å²) in [7, 11) is 0. The Kier molecular flexibility index (Phi) is 3.89. The van der Waals surface area contributed by atoms with Crippen LogP contribution in [0, 0.1) is 5.82 Å². The molecule has 0 amide bonds. The van der Waals surface area contributed by atoms with E-state index in [-0.39, 0.29) is 28.7 Å². The van der Waals surface area contributed by atoms with E-state index in [2.05, 4.69) is 17.2 Å². The van der Waals surface area contributed by atoms with Gasteiger partial charge in [-0.25, -0.2) is 14.2 Å². The number of rotatable bonds is 3. The van der Waals surface area contributed by atoms with Gasteiger partial charge in [0, 0.05) is 23.2 Å². The number of carbonyl (C=O) groups is 1. The van der Waals surface area contributed by atoms with Crippen LogP contribution in [-0.4, -0.2) is 27.2 Å². The second kappa shape index (κ2) is 6.22. The summed E-state index contributed by atoms with van der Waals surface area (Å²) in [4.78, 5) is 30.4. The van der Waals surface area contributed by atoms with Gasteiger partial charge in [0.2, 0.25) is 5.43 Å². The van der Waals surface area contributed by atoms with E-state index in [0.29, 0.717) is 5.65 Å². The molecule has 2 aliphatic rings. The molecule has 1 saturated carbocycles. The van der Waals surface area contributed by atoms with Crippen molar-refractivity contribution in [2.45, 2.75) is 38.3 Å². The number of nitrogens with one attached hydrogen (secondary N) is 1. The molecule has 0 spiro atoms. The smallest absolute Gasteiger partial charge is 0.341 e. The predicted molar refractivity (Wildman–Crippen MR) is 105 cm³/mol. The fourth-order valence-corrected chi connectivity index (χ4v) is 5.07. The van der Waals surface area contributed by atoms with Crippen LogP contribution < -0.4 is 10.7 Å². The van der Waals surface area contributed by atoms with Crippen LogP contribution in [-0.2, 0) is 6.42 Å². The molecule has 1 unspecified atom stereocenters. The maximum atomic E-state index is 15.0. The molecule has 28 heavy (non-hydrogen) atoms. The molecule has 0 radical (unpaired) electrons. The van der Waals surface area contributed by atoms with Gasteiger partial charge in [-0.15, -0.1) is 11.3 Å². The number of carboxylic acid groups (broad SMARTS) is 1. The van der Waals surface area contributed by atoms with Crippen molar-refractivity contribution in [3.8, 4) is 10.6 Å². The van der Waals surface area contributed by atoms with Crippen LogP contribution in [0.15, 0.2) is 23.1 Å². The SMILES string of the molecule is CC1NCCc2cc(-c3nc4c(cc3F)c(=O)c(C(=O)O)cn4C3CC3)sc21. The molecule has 5 rings (SSSR count). The molecule has 6 nitrogen and oxygen atoms in total. The summed E-state index contributed by atoms with van der Waals surface area (Å²) in [6, 6.07) is 3.45. The first-order valence-corrected chi connectivity index (χ1v) is 10.1. The minimum Gasteiger partial charge on any atom is -0.477 e. The van der Waals surface area contributed by atoms with Gasteiger partial charge >= 0.3 is 5.97 Å². The molecule has 0 saturated heterocycles. The van der Waals surface area contributed by atoms with Gasteiger partial charge in [-0.05, 0) is 50.4 Å². The summed E-state index contributed by atoms with van der Waals surface area (Å²) >= 11 is 1.51. The third-order valence-corrected chi connectivity index (χ3v) is 6.81. The van der Waals surface area contributed by atoms with Crippen LogP contribution in [0.5, 0.6) is 0 Å². The van der Waals surface area contributed by atoms with E-state index in [4.69, 9.17) is 0 Å². The van der Waals surface area contributed by atoms with Crippen LogP contribution in [0.1, 0.15) is 52.6 Å². The molecule has 0 bridgehead atoms. The van der Waals surface area contributed by atoms with E-state index >= 15 is 0 Å². The first kappa shape index (κ1) is 17.5. The zero-order valence-electron chi connectivity index (χ0n) is 15.2. The van der Waals surface area contributed by atoms with Crippen molar-refractivity contribution < 1.29 is 14.3 Å². The summed E-state index contributed by atoms with van der Waals surface area (Å²) in [5.74, 6) is -1.91. The van der Waals surface area contributed by atoms with Gasteiger partial charge in [0.05, 0.1) is 10.3 Å². The van der Waals surface area contributed by atoms with Gasteiger partial charge in [-0.1, -0.05) is 0 Å². The van der Waals surface area contributed by atoms with E-state index in [1.807, 2.05) is 6.07 Å². The van der Waals surface area contributed by atoms with Crippen LogP contribution in [0.4, 0.5) is 4.39 Å². The second-order valence-corrected chi connectivity index (χ2v) is 8.52. The fourth-order valence-electron chi connectivity index (χ4n) is 3.84. The average Bonchev–Trinajstić information content (AvgIpc) is 3.40. The predicted octanol–water partition coefficient (Wildman–Crippen LogP) is 3.50. The summed E-state index contributed by atoms with van der Waals surface area (Å²) in [6.45, 7) is 2.97. The highest BCUT2D eigenvalue weighted by molar-refractivity contribution is 7.15. The molecule has 4 heterocycles. The van der Waals surface area contributed by atoms with Gasteiger partial charge in [-0.3, -0.25) is 4.79 Å². The Morgan fingerprint density at radius 2 is 2.18 bits per heavy atom. The quantitative estimate of drug-likeness (QED) is 0.704. The Labute approximate surface area is 163 Å². The Morgan fingerprint density at radius 3 is 2.86 bits per heavy atom. The molecule has 1 fully saturated rings.